The molecule has 0 saturated heterocycles. The van der Waals surface area contributed by atoms with Gasteiger partial charge in [-0.05, 0) is 55.8 Å². The summed E-state index contributed by atoms with van der Waals surface area (Å²) < 4.78 is 10.3. The Labute approximate surface area is 151 Å². The molecule has 0 aromatic rings. The number of hydrogen-bond acceptors (Lipinski definition) is 4. The molecule has 2 amide bonds. The zero-order valence-corrected chi connectivity index (χ0v) is 16.1. The Balaban J connectivity index is 1.68. The molecule has 0 aromatic carbocycles. The summed E-state index contributed by atoms with van der Waals surface area (Å²) in [5.74, 6) is 0. The molecule has 4 fully saturated rings. The molecule has 0 spiro atoms. The number of carbonyl (C=O) groups excluding carboxylic acids is 1. The van der Waals surface area contributed by atoms with Crippen molar-refractivity contribution in [2.45, 2.75) is 76.0 Å². The Hall–Kier alpha value is -0.850. The molecule has 25 heavy (non-hydrogen) atoms. The number of carbonyl (C=O) groups is 1. The second-order valence-electron chi connectivity index (χ2n) is 9.72. The minimum absolute atomic E-state index is 0.0758. The molecule has 0 aliphatic heterocycles. The van der Waals surface area contributed by atoms with E-state index in [0.29, 0.717) is 26.1 Å². The molecule has 3 atom stereocenters. The van der Waals surface area contributed by atoms with Crippen LogP contribution in [0.4, 0.5) is 4.79 Å². The number of nitrogens with one attached hydrogen (secondary N) is 2. The topological polar surface area (TPSA) is 79.8 Å². The van der Waals surface area contributed by atoms with E-state index in [-0.39, 0.29) is 28.4 Å². The molecule has 4 aliphatic rings. The second kappa shape index (κ2) is 6.39. The van der Waals surface area contributed by atoms with E-state index in [2.05, 4.69) is 24.5 Å². The molecule has 144 valence electrons. The van der Waals surface area contributed by atoms with Gasteiger partial charge in [0.25, 0.3) is 0 Å². The van der Waals surface area contributed by atoms with Crippen LogP contribution in [0, 0.1) is 10.8 Å². The van der Waals surface area contributed by atoms with Gasteiger partial charge in [-0.3, -0.25) is 0 Å². The first-order chi connectivity index (χ1) is 11.6. The Morgan fingerprint density at radius 1 is 1.04 bits per heavy atom. The summed E-state index contributed by atoms with van der Waals surface area (Å²) in [7, 11) is 3.29. The van der Waals surface area contributed by atoms with E-state index in [1.165, 1.54) is 0 Å². The monoisotopic (exact) mass is 354 g/mol. The van der Waals surface area contributed by atoms with Crippen molar-refractivity contribution in [2.24, 2.45) is 10.8 Å². The summed E-state index contributed by atoms with van der Waals surface area (Å²) in [6, 6.07) is -0.232. The van der Waals surface area contributed by atoms with Gasteiger partial charge in [-0.25, -0.2) is 4.79 Å². The number of rotatable bonds is 7. The third-order valence-electron chi connectivity index (χ3n) is 6.32. The van der Waals surface area contributed by atoms with Crippen LogP contribution in [0.5, 0.6) is 0 Å². The lowest BCUT2D eigenvalue weighted by Gasteiger charge is -2.68. The molecule has 6 heteroatoms. The standard InChI is InChI=1S/C19H34N2O4/c1-16-8-17(2)10-18(9-16,13-19(23,11-16)12-17)21-15(22)20-14(7-25-4)5-6-24-3/h14,23H,5-13H2,1-4H3,(H2,20,21,22). The van der Waals surface area contributed by atoms with E-state index in [1.54, 1.807) is 14.2 Å². The predicted molar refractivity (Wildman–Crippen MR) is 95.4 cm³/mol. The first kappa shape index (κ1) is 18.9. The average Bonchev–Trinajstić information content (AvgIpc) is 2.38. The van der Waals surface area contributed by atoms with Crippen molar-refractivity contribution < 1.29 is 19.4 Å². The van der Waals surface area contributed by atoms with E-state index >= 15 is 0 Å². The normalized spacial score (nSPS) is 43.1. The second-order valence-corrected chi connectivity index (χ2v) is 9.72. The fourth-order valence-corrected chi connectivity index (χ4v) is 6.89. The number of amides is 2. The maximum absolute atomic E-state index is 12.7. The molecule has 4 saturated carbocycles. The Bertz CT molecular complexity index is 470. The average molecular weight is 354 g/mol. The summed E-state index contributed by atoms with van der Waals surface area (Å²) in [4.78, 5) is 12.7. The Morgan fingerprint density at radius 2 is 1.68 bits per heavy atom. The quantitative estimate of drug-likeness (QED) is 0.655. The smallest absolute Gasteiger partial charge is 0.315 e. The van der Waals surface area contributed by atoms with E-state index in [4.69, 9.17) is 9.47 Å². The van der Waals surface area contributed by atoms with Gasteiger partial charge in [0.15, 0.2) is 0 Å². The van der Waals surface area contributed by atoms with Gasteiger partial charge in [-0.2, -0.15) is 0 Å². The summed E-state index contributed by atoms with van der Waals surface area (Å²) in [6.45, 7) is 5.58. The van der Waals surface area contributed by atoms with Gasteiger partial charge >= 0.3 is 6.03 Å². The highest BCUT2D eigenvalue weighted by atomic mass is 16.5. The molecule has 3 unspecified atom stereocenters. The fraction of sp³-hybridized carbons (Fsp3) is 0.947. The number of urea groups is 1. The summed E-state index contributed by atoms with van der Waals surface area (Å²) in [5, 5.41) is 17.4. The number of hydrogen-bond donors (Lipinski definition) is 3. The summed E-state index contributed by atoms with van der Waals surface area (Å²) in [5.41, 5.74) is -0.690. The lowest BCUT2D eigenvalue weighted by atomic mass is 9.41. The molecule has 6 nitrogen and oxygen atoms in total. The van der Waals surface area contributed by atoms with E-state index in [1.807, 2.05) is 0 Å². The van der Waals surface area contributed by atoms with Crippen LogP contribution in [0.15, 0.2) is 0 Å². The zero-order chi connectivity index (χ0) is 18.3. The summed E-state index contributed by atoms with van der Waals surface area (Å²) in [6.07, 6.45) is 6.17. The highest BCUT2D eigenvalue weighted by Gasteiger charge is 2.65. The molecule has 4 rings (SSSR count). The van der Waals surface area contributed by atoms with Gasteiger partial charge < -0.3 is 25.2 Å². The first-order valence-electron chi connectivity index (χ1n) is 9.42. The van der Waals surface area contributed by atoms with Crippen molar-refractivity contribution in [3.8, 4) is 0 Å². The lowest BCUT2D eigenvalue weighted by molar-refractivity contribution is -0.201. The van der Waals surface area contributed by atoms with Crippen LogP contribution < -0.4 is 10.6 Å². The fourth-order valence-electron chi connectivity index (χ4n) is 6.89. The maximum Gasteiger partial charge on any atom is 0.315 e. The van der Waals surface area contributed by atoms with Crippen molar-refractivity contribution in [3.05, 3.63) is 0 Å². The first-order valence-corrected chi connectivity index (χ1v) is 9.42. The Morgan fingerprint density at radius 3 is 2.20 bits per heavy atom. The number of methoxy groups -OCH3 is 2. The number of aliphatic hydroxyl groups is 1. The zero-order valence-electron chi connectivity index (χ0n) is 16.1. The van der Waals surface area contributed by atoms with Crippen LogP contribution in [-0.2, 0) is 9.47 Å². The highest BCUT2D eigenvalue weighted by molar-refractivity contribution is 5.75. The van der Waals surface area contributed by atoms with E-state index < -0.39 is 5.60 Å². The van der Waals surface area contributed by atoms with Crippen molar-refractivity contribution in [1.29, 1.82) is 0 Å². The van der Waals surface area contributed by atoms with Gasteiger partial charge in [-0.15, -0.1) is 0 Å². The molecule has 3 N–H and O–H groups in total. The van der Waals surface area contributed by atoms with Crippen molar-refractivity contribution in [2.75, 3.05) is 27.4 Å². The van der Waals surface area contributed by atoms with Crippen LogP contribution in [0.3, 0.4) is 0 Å². The van der Waals surface area contributed by atoms with Crippen molar-refractivity contribution in [3.63, 3.8) is 0 Å². The molecular weight excluding hydrogens is 320 g/mol. The van der Waals surface area contributed by atoms with Gasteiger partial charge in [0, 0.05) is 26.4 Å². The van der Waals surface area contributed by atoms with E-state index in [0.717, 1.165) is 32.1 Å². The maximum atomic E-state index is 12.7. The molecule has 4 aliphatic carbocycles. The minimum atomic E-state index is -0.631. The van der Waals surface area contributed by atoms with Crippen LogP contribution in [0.25, 0.3) is 0 Å². The van der Waals surface area contributed by atoms with Crippen molar-refractivity contribution in [1.82, 2.24) is 10.6 Å². The lowest BCUT2D eigenvalue weighted by Crippen LogP contribution is -2.71. The van der Waals surface area contributed by atoms with Gasteiger partial charge in [-0.1, -0.05) is 13.8 Å². The third-order valence-corrected chi connectivity index (χ3v) is 6.32. The Kier molecular flexibility index (Phi) is 4.84. The van der Waals surface area contributed by atoms with Crippen molar-refractivity contribution >= 4 is 6.03 Å². The molecule has 0 radical (unpaired) electrons. The minimum Gasteiger partial charge on any atom is -0.390 e. The molecule has 0 aromatic heterocycles. The molecule has 4 bridgehead atoms. The molecule has 0 heterocycles. The van der Waals surface area contributed by atoms with Crippen LogP contribution in [0.1, 0.15) is 58.8 Å². The molecular formula is C19H34N2O4. The van der Waals surface area contributed by atoms with E-state index in [9.17, 15) is 9.90 Å². The largest absolute Gasteiger partial charge is 0.390 e. The van der Waals surface area contributed by atoms with Crippen LogP contribution in [0.2, 0.25) is 0 Å². The third kappa shape index (κ3) is 3.96. The summed E-state index contributed by atoms with van der Waals surface area (Å²) >= 11 is 0. The van der Waals surface area contributed by atoms with Crippen LogP contribution >= 0.6 is 0 Å². The number of ether oxygens (including phenoxy) is 2. The SMILES string of the molecule is COCCC(COC)NC(=O)NC12CC3(C)CC(C)(CC(O)(C3)C1)C2. The van der Waals surface area contributed by atoms with Gasteiger partial charge in [0.05, 0.1) is 18.2 Å². The van der Waals surface area contributed by atoms with Crippen LogP contribution in [-0.4, -0.2) is 55.8 Å². The van der Waals surface area contributed by atoms with Gasteiger partial charge in [0.2, 0.25) is 0 Å². The van der Waals surface area contributed by atoms with Gasteiger partial charge in [0.1, 0.15) is 0 Å². The predicted octanol–water partition coefficient (Wildman–Crippen LogP) is 2.20. The highest BCUT2D eigenvalue weighted by Crippen LogP contribution is 2.67.